The van der Waals surface area contributed by atoms with Gasteiger partial charge in [-0.25, -0.2) is 0 Å². The van der Waals surface area contributed by atoms with E-state index in [1.807, 2.05) is 12.1 Å². The molecule has 2 saturated carbocycles. The normalized spacial score (nSPS) is 34.1. The number of nitrogens with zero attached hydrogens (tertiary/aromatic N) is 1. The predicted molar refractivity (Wildman–Crippen MR) is 102 cm³/mol. The fourth-order valence-electron chi connectivity index (χ4n) is 5.59. The second kappa shape index (κ2) is 6.39. The Morgan fingerprint density at radius 2 is 1.96 bits per heavy atom. The highest BCUT2D eigenvalue weighted by atomic mass is 16.2. The largest absolute Gasteiger partial charge is 0.328 e. The monoisotopic (exact) mass is 382 g/mol. The Kier molecular flexibility index (Phi) is 4.07. The van der Waals surface area contributed by atoms with Crippen LogP contribution >= 0.6 is 0 Å². The molecule has 7 nitrogen and oxygen atoms in total. The smallest absolute Gasteiger partial charge is 0.255 e. The van der Waals surface area contributed by atoms with Crippen LogP contribution in [0.4, 0.5) is 0 Å². The maximum atomic E-state index is 12.9. The molecule has 2 aliphatic heterocycles. The van der Waals surface area contributed by atoms with Crippen LogP contribution in [-0.4, -0.2) is 40.7 Å². The first kappa shape index (κ1) is 17.8. The van der Waals surface area contributed by atoms with Gasteiger partial charge in [-0.3, -0.25) is 19.7 Å². The number of rotatable bonds is 4. The second-order valence-electron chi connectivity index (χ2n) is 9.00. The number of piperidine rings is 1. The molecule has 1 aromatic carbocycles. The quantitative estimate of drug-likeness (QED) is 0.669. The van der Waals surface area contributed by atoms with Gasteiger partial charge in [-0.2, -0.15) is 0 Å². The molecule has 2 aliphatic carbocycles. The van der Waals surface area contributed by atoms with Crippen LogP contribution < -0.4 is 16.4 Å². The van der Waals surface area contributed by atoms with Gasteiger partial charge in [0.1, 0.15) is 6.04 Å². The number of hydrogen-bond donors (Lipinski definition) is 3. The van der Waals surface area contributed by atoms with E-state index in [4.69, 9.17) is 5.73 Å². The van der Waals surface area contributed by atoms with Crippen LogP contribution in [0.15, 0.2) is 18.2 Å². The van der Waals surface area contributed by atoms with Crippen molar-refractivity contribution in [2.45, 2.75) is 69.7 Å². The van der Waals surface area contributed by atoms with E-state index in [2.05, 4.69) is 16.7 Å². The second-order valence-corrected chi connectivity index (χ2v) is 9.00. The van der Waals surface area contributed by atoms with Crippen molar-refractivity contribution in [1.82, 2.24) is 15.5 Å². The van der Waals surface area contributed by atoms with E-state index in [0.29, 0.717) is 36.0 Å². The lowest BCUT2D eigenvalue weighted by Crippen LogP contribution is -2.58. The molecule has 0 bridgehead atoms. The van der Waals surface area contributed by atoms with E-state index < -0.39 is 6.04 Å². The third-order valence-electron chi connectivity index (χ3n) is 7.01. The lowest BCUT2D eigenvalue weighted by molar-refractivity contribution is -0.136. The molecule has 1 atom stereocenters. The van der Waals surface area contributed by atoms with Gasteiger partial charge in [-0.05, 0) is 54.7 Å². The topological polar surface area (TPSA) is 105 Å². The van der Waals surface area contributed by atoms with Gasteiger partial charge >= 0.3 is 0 Å². The van der Waals surface area contributed by atoms with E-state index in [-0.39, 0.29) is 24.1 Å². The van der Waals surface area contributed by atoms with Crippen LogP contribution in [0.3, 0.4) is 0 Å². The number of imide groups is 1. The summed E-state index contributed by atoms with van der Waals surface area (Å²) in [7, 11) is 0. The zero-order valence-electron chi connectivity index (χ0n) is 15.9. The third kappa shape index (κ3) is 2.84. The van der Waals surface area contributed by atoms with Crippen LogP contribution in [0.1, 0.15) is 60.0 Å². The van der Waals surface area contributed by atoms with Crippen LogP contribution in [-0.2, 0) is 22.7 Å². The van der Waals surface area contributed by atoms with E-state index >= 15 is 0 Å². The molecule has 3 fully saturated rings. The molecule has 4 N–H and O–H groups in total. The molecule has 1 unspecified atom stereocenters. The lowest BCUT2D eigenvalue weighted by Gasteiger charge is -2.57. The zero-order chi connectivity index (χ0) is 19.5. The molecule has 2 heterocycles. The van der Waals surface area contributed by atoms with E-state index in [0.717, 1.165) is 30.5 Å². The van der Waals surface area contributed by atoms with Gasteiger partial charge in [0.25, 0.3) is 5.91 Å². The van der Waals surface area contributed by atoms with Crippen molar-refractivity contribution in [3.63, 3.8) is 0 Å². The number of carbonyl (C=O) groups is 3. The Bertz CT molecular complexity index is 853. The SMILES string of the molecule is NC1CC2(C1)CC(NCc1cccc3c1CN(C1CCC(=O)NC1=O)C3=O)C2. The number of carbonyl (C=O) groups excluding carboxylic acids is 3. The highest BCUT2D eigenvalue weighted by Gasteiger charge is 2.51. The highest BCUT2D eigenvalue weighted by Crippen LogP contribution is 2.55. The van der Waals surface area contributed by atoms with Gasteiger partial charge in [-0.1, -0.05) is 12.1 Å². The number of nitrogens with two attached hydrogens (primary N) is 1. The summed E-state index contributed by atoms with van der Waals surface area (Å²) in [6.07, 6.45) is 5.36. The van der Waals surface area contributed by atoms with Gasteiger partial charge in [0.2, 0.25) is 11.8 Å². The van der Waals surface area contributed by atoms with E-state index in [1.54, 1.807) is 4.90 Å². The van der Waals surface area contributed by atoms with Crippen LogP contribution in [0, 0.1) is 5.41 Å². The van der Waals surface area contributed by atoms with Crippen molar-refractivity contribution in [2.75, 3.05) is 0 Å². The number of benzene rings is 1. The fraction of sp³-hybridized carbons (Fsp3) is 0.571. The van der Waals surface area contributed by atoms with Gasteiger partial charge in [0, 0.05) is 37.2 Å². The summed E-state index contributed by atoms with van der Waals surface area (Å²) >= 11 is 0. The number of fused-ring (bicyclic) bond motifs is 1. The van der Waals surface area contributed by atoms with Gasteiger partial charge < -0.3 is 16.0 Å². The molecule has 0 aromatic heterocycles. The van der Waals surface area contributed by atoms with Gasteiger partial charge in [0.05, 0.1) is 0 Å². The van der Waals surface area contributed by atoms with Crippen molar-refractivity contribution in [2.24, 2.45) is 11.1 Å². The summed E-state index contributed by atoms with van der Waals surface area (Å²) in [5.74, 6) is -0.742. The van der Waals surface area contributed by atoms with Crippen LogP contribution in [0.5, 0.6) is 0 Å². The summed E-state index contributed by atoms with van der Waals surface area (Å²) in [5.41, 5.74) is 9.23. The van der Waals surface area contributed by atoms with Crippen molar-refractivity contribution >= 4 is 17.7 Å². The third-order valence-corrected chi connectivity index (χ3v) is 7.01. The summed E-state index contributed by atoms with van der Waals surface area (Å²) in [5, 5.41) is 5.98. The number of amides is 3. The molecule has 0 radical (unpaired) electrons. The Hall–Kier alpha value is -2.25. The first-order valence-electron chi connectivity index (χ1n) is 10.2. The lowest BCUT2D eigenvalue weighted by atomic mass is 9.52. The first-order chi connectivity index (χ1) is 13.4. The molecule has 148 valence electrons. The fourth-order valence-corrected chi connectivity index (χ4v) is 5.59. The number of nitrogens with one attached hydrogen (secondary N) is 2. The van der Waals surface area contributed by atoms with Crippen LogP contribution in [0.25, 0.3) is 0 Å². The Morgan fingerprint density at radius 1 is 1.18 bits per heavy atom. The molecule has 4 aliphatic rings. The summed E-state index contributed by atoms with van der Waals surface area (Å²) < 4.78 is 0. The summed E-state index contributed by atoms with van der Waals surface area (Å²) in [6, 6.07) is 6.15. The van der Waals surface area contributed by atoms with Crippen molar-refractivity contribution < 1.29 is 14.4 Å². The van der Waals surface area contributed by atoms with Crippen LogP contribution in [0.2, 0.25) is 0 Å². The maximum Gasteiger partial charge on any atom is 0.255 e. The van der Waals surface area contributed by atoms with E-state index in [1.165, 1.54) is 12.8 Å². The van der Waals surface area contributed by atoms with Gasteiger partial charge in [-0.15, -0.1) is 0 Å². The minimum absolute atomic E-state index is 0.114. The number of hydrogen-bond acceptors (Lipinski definition) is 5. The zero-order valence-corrected chi connectivity index (χ0v) is 15.9. The Morgan fingerprint density at radius 3 is 2.68 bits per heavy atom. The standard InChI is InChI=1S/C21H26N4O3/c22-13-6-21(7-13)8-14(9-21)23-10-12-2-1-3-15-16(12)11-25(20(15)28)17-4-5-18(26)24-19(17)27/h1-3,13-14,17,23H,4-11,22H2,(H,24,26,27). The molecular weight excluding hydrogens is 356 g/mol. The van der Waals surface area contributed by atoms with Crippen molar-refractivity contribution in [3.8, 4) is 0 Å². The molecule has 5 rings (SSSR count). The Labute approximate surface area is 164 Å². The highest BCUT2D eigenvalue weighted by molar-refractivity contribution is 6.05. The van der Waals surface area contributed by atoms with Crippen molar-refractivity contribution in [1.29, 1.82) is 0 Å². The average molecular weight is 382 g/mol. The molecule has 3 amide bonds. The molecule has 1 spiro atoms. The molecule has 1 aromatic rings. The predicted octanol–water partition coefficient (Wildman–Crippen LogP) is 0.807. The molecular formula is C21H26N4O3. The summed E-state index contributed by atoms with van der Waals surface area (Å²) in [6.45, 7) is 1.16. The first-order valence-corrected chi connectivity index (χ1v) is 10.2. The minimum atomic E-state index is -0.562. The summed E-state index contributed by atoms with van der Waals surface area (Å²) in [4.78, 5) is 38.1. The molecule has 28 heavy (non-hydrogen) atoms. The van der Waals surface area contributed by atoms with E-state index in [9.17, 15) is 14.4 Å². The average Bonchev–Trinajstić information content (AvgIpc) is 2.93. The van der Waals surface area contributed by atoms with Gasteiger partial charge in [0.15, 0.2) is 0 Å². The maximum absolute atomic E-state index is 12.9. The van der Waals surface area contributed by atoms with Crippen molar-refractivity contribution in [3.05, 3.63) is 34.9 Å². The minimum Gasteiger partial charge on any atom is -0.328 e. The molecule has 1 saturated heterocycles. The Balaban J connectivity index is 1.25. The molecule has 7 heteroatoms.